The van der Waals surface area contributed by atoms with E-state index in [1.54, 1.807) is 0 Å². The minimum Gasteiger partial charge on any atom is -0.314 e. The number of rotatable bonds is 6. The van der Waals surface area contributed by atoms with Crippen molar-refractivity contribution in [3.05, 3.63) is 12.7 Å². The van der Waals surface area contributed by atoms with Crippen molar-refractivity contribution in [3.8, 4) is 0 Å². The Bertz CT molecular complexity index is 230. The molecule has 0 atom stereocenters. The molecule has 0 spiro atoms. The molecule has 17 heavy (non-hydrogen) atoms. The lowest BCUT2D eigenvalue weighted by Crippen LogP contribution is -2.58. The van der Waals surface area contributed by atoms with E-state index in [1.165, 1.54) is 0 Å². The highest BCUT2D eigenvalue weighted by Crippen LogP contribution is 2.18. The molecule has 0 saturated carbocycles. The Kier molecular flexibility index (Phi) is 5.63. The molecule has 3 heteroatoms. The minimum atomic E-state index is 0.245. The molecule has 100 valence electrons. The topological polar surface area (TPSA) is 18.5 Å². The third-order valence-corrected chi connectivity index (χ3v) is 3.66. The van der Waals surface area contributed by atoms with E-state index in [2.05, 4.69) is 49.4 Å². The van der Waals surface area contributed by atoms with Crippen LogP contribution in [0.1, 0.15) is 27.7 Å². The van der Waals surface area contributed by atoms with E-state index in [0.29, 0.717) is 6.04 Å². The SMILES string of the molecule is C=CCN(CC(C)(C)N1CCNCC1)C(C)C. The van der Waals surface area contributed by atoms with Crippen LogP contribution >= 0.6 is 0 Å². The molecular weight excluding hydrogens is 210 g/mol. The third kappa shape index (κ3) is 4.41. The fourth-order valence-corrected chi connectivity index (χ4v) is 2.49. The van der Waals surface area contributed by atoms with Gasteiger partial charge in [0, 0.05) is 50.8 Å². The molecule has 0 aromatic carbocycles. The van der Waals surface area contributed by atoms with Crippen molar-refractivity contribution in [3.63, 3.8) is 0 Å². The van der Waals surface area contributed by atoms with Crippen LogP contribution in [0.2, 0.25) is 0 Å². The molecule has 0 bridgehead atoms. The molecule has 0 unspecified atom stereocenters. The number of hydrogen-bond acceptors (Lipinski definition) is 3. The number of nitrogens with zero attached hydrogens (tertiary/aromatic N) is 2. The number of hydrogen-bond donors (Lipinski definition) is 1. The molecule has 0 aromatic rings. The Hall–Kier alpha value is -0.380. The minimum absolute atomic E-state index is 0.245. The van der Waals surface area contributed by atoms with E-state index >= 15 is 0 Å². The molecule has 1 aliphatic heterocycles. The second-order valence-corrected chi connectivity index (χ2v) is 5.86. The summed E-state index contributed by atoms with van der Waals surface area (Å²) >= 11 is 0. The average molecular weight is 239 g/mol. The Labute approximate surface area is 107 Å². The fourth-order valence-electron chi connectivity index (χ4n) is 2.49. The lowest BCUT2D eigenvalue weighted by molar-refractivity contribution is 0.0571. The number of piperazine rings is 1. The summed E-state index contributed by atoms with van der Waals surface area (Å²) in [7, 11) is 0. The predicted octanol–water partition coefficient (Wildman–Crippen LogP) is 1.57. The van der Waals surface area contributed by atoms with E-state index in [1.807, 2.05) is 6.08 Å². The maximum absolute atomic E-state index is 3.86. The zero-order chi connectivity index (χ0) is 12.9. The van der Waals surface area contributed by atoms with Crippen LogP contribution in [0.3, 0.4) is 0 Å². The Morgan fingerprint density at radius 2 is 1.94 bits per heavy atom. The van der Waals surface area contributed by atoms with Gasteiger partial charge in [0.1, 0.15) is 0 Å². The molecule has 0 amide bonds. The van der Waals surface area contributed by atoms with E-state index < -0.39 is 0 Å². The summed E-state index contributed by atoms with van der Waals surface area (Å²) in [5.74, 6) is 0. The van der Waals surface area contributed by atoms with E-state index in [0.717, 1.165) is 39.3 Å². The van der Waals surface area contributed by atoms with Gasteiger partial charge in [-0.1, -0.05) is 6.08 Å². The molecule has 1 saturated heterocycles. The van der Waals surface area contributed by atoms with Gasteiger partial charge in [0.25, 0.3) is 0 Å². The van der Waals surface area contributed by atoms with Gasteiger partial charge < -0.3 is 5.32 Å². The Morgan fingerprint density at radius 1 is 1.35 bits per heavy atom. The lowest BCUT2D eigenvalue weighted by atomic mass is 10.00. The fraction of sp³-hybridized carbons (Fsp3) is 0.857. The monoisotopic (exact) mass is 239 g/mol. The van der Waals surface area contributed by atoms with Crippen molar-refractivity contribution in [1.82, 2.24) is 15.1 Å². The first-order valence-corrected chi connectivity index (χ1v) is 6.78. The summed E-state index contributed by atoms with van der Waals surface area (Å²) in [5.41, 5.74) is 0.245. The van der Waals surface area contributed by atoms with Gasteiger partial charge in [0.15, 0.2) is 0 Å². The highest BCUT2D eigenvalue weighted by atomic mass is 15.3. The smallest absolute Gasteiger partial charge is 0.0281 e. The van der Waals surface area contributed by atoms with Crippen LogP contribution in [-0.4, -0.2) is 60.6 Å². The molecule has 1 N–H and O–H groups in total. The molecule has 1 heterocycles. The first kappa shape index (κ1) is 14.7. The summed E-state index contributed by atoms with van der Waals surface area (Å²) < 4.78 is 0. The summed E-state index contributed by atoms with van der Waals surface area (Å²) in [6.45, 7) is 19.7. The summed E-state index contributed by atoms with van der Waals surface area (Å²) in [6, 6.07) is 0.579. The number of nitrogens with one attached hydrogen (secondary N) is 1. The van der Waals surface area contributed by atoms with Crippen molar-refractivity contribution < 1.29 is 0 Å². The van der Waals surface area contributed by atoms with Gasteiger partial charge in [-0.05, 0) is 27.7 Å². The van der Waals surface area contributed by atoms with Gasteiger partial charge in [0.2, 0.25) is 0 Å². The summed E-state index contributed by atoms with van der Waals surface area (Å²) in [5, 5.41) is 3.42. The zero-order valence-electron chi connectivity index (χ0n) is 12.0. The second-order valence-electron chi connectivity index (χ2n) is 5.86. The van der Waals surface area contributed by atoms with Crippen molar-refractivity contribution in [2.45, 2.75) is 39.3 Å². The van der Waals surface area contributed by atoms with Gasteiger partial charge in [0.05, 0.1) is 0 Å². The molecule has 0 radical (unpaired) electrons. The predicted molar refractivity (Wildman–Crippen MR) is 75.4 cm³/mol. The summed E-state index contributed by atoms with van der Waals surface area (Å²) in [4.78, 5) is 5.09. The molecular formula is C14H29N3. The average Bonchev–Trinajstić information content (AvgIpc) is 2.29. The molecule has 1 fully saturated rings. The zero-order valence-corrected chi connectivity index (χ0v) is 12.0. The van der Waals surface area contributed by atoms with Gasteiger partial charge in [-0.2, -0.15) is 0 Å². The molecule has 3 nitrogen and oxygen atoms in total. The largest absolute Gasteiger partial charge is 0.314 e. The second kappa shape index (κ2) is 6.53. The van der Waals surface area contributed by atoms with Crippen molar-refractivity contribution in [2.24, 2.45) is 0 Å². The molecule has 0 aromatic heterocycles. The van der Waals surface area contributed by atoms with Gasteiger partial charge in [-0.25, -0.2) is 0 Å². The highest BCUT2D eigenvalue weighted by Gasteiger charge is 2.30. The van der Waals surface area contributed by atoms with Crippen LogP contribution in [0.5, 0.6) is 0 Å². The Morgan fingerprint density at radius 3 is 2.41 bits per heavy atom. The Balaban J connectivity index is 2.58. The normalized spacial score (nSPS) is 18.9. The van der Waals surface area contributed by atoms with E-state index in [-0.39, 0.29) is 5.54 Å². The van der Waals surface area contributed by atoms with Gasteiger partial charge >= 0.3 is 0 Å². The third-order valence-electron chi connectivity index (χ3n) is 3.66. The van der Waals surface area contributed by atoms with Gasteiger partial charge in [-0.3, -0.25) is 9.80 Å². The lowest BCUT2D eigenvalue weighted by Gasteiger charge is -2.44. The van der Waals surface area contributed by atoms with Crippen LogP contribution < -0.4 is 5.32 Å². The molecule has 0 aliphatic carbocycles. The van der Waals surface area contributed by atoms with Crippen LogP contribution in [0.25, 0.3) is 0 Å². The summed E-state index contributed by atoms with van der Waals surface area (Å²) in [6.07, 6.45) is 2.01. The van der Waals surface area contributed by atoms with Crippen molar-refractivity contribution in [1.29, 1.82) is 0 Å². The molecule has 1 aliphatic rings. The van der Waals surface area contributed by atoms with Crippen molar-refractivity contribution in [2.75, 3.05) is 39.3 Å². The van der Waals surface area contributed by atoms with E-state index in [9.17, 15) is 0 Å². The van der Waals surface area contributed by atoms with Crippen molar-refractivity contribution >= 4 is 0 Å². The first-order chi connectivity index (χ1) is 7.97. The van der Waals surface area contributed by atoms with Crippen LogP contribution in [0.15, 0.2) is 12.7 Å². The van der Waals surface area contributed by atoms with Gasteiger partial charge in [-0.15, -0.1) is 6.58 Å². The quantitative estimate of drug-likeness (QED) is 0.710. The highest BCUT2D eigenvalue weighted by molar-refractivity contribution is 4.90. The van der Waals surface area contributed by atoms with Crippen LogP contribution in [0.4, 0.5) is 0 Å². The first-order valence-electron chi connectivity index (χ1n) is 6.78. The maximum atomic E-state index is 3.86. The van der Waals surface area contributed by atoms with Crippen LogP contribution in [0, 0.1) is 0 Å². The maximum Gasteiger partial charge on any atom is 0.0281 e. The van der Waals surface area contributed by atoms with E-state index in [4.69, 9.17) is 0 Å². The standard InChI is InChI=1S/C14H29N3/c1-6-9-16(13(2)3)12-14(4,5)17-10-7-15-8-11-17/h6,13,15H,1,7-12H2,2-5H3. The molecule has 1 rings (SSSR count). The van der Waals surface area contributed by atoms with Crippen LogP contribution in [-0.2, 0) is 0 Å².